The van der Waals surface area contributed by atoms with Crippen LogP contribution in [0, 0.1) is 22.7 Å². The molecular formula is C31H44FN3O17. The number of nitrogens with one attached hydrogen (secondary N) is 1. The van der Waals surface area contributed by atoms with Gasteiger partial charge in [0.25, 0.3) is 0 Å². The number of alkyl halides is 1. The zero-order valence-corrected chi connectivity index (χ0v) is 28.3. The lowest BCUT2D eigenvalue weighted by atomic mass is 9.44. The van der Waals surface area contributed by atoms with Gasteiger partial charge < -0.3 is 35.2 Å². The Morgan fingerprint density at radius 1 is 1.04 bits per heavy atom. The second-order valence-electron chi connectivity index (χ2n) is 13.9. The number of carboxylic acid groups (broad SMARTS) is 1. The highest BCUT2D eigenvalue weighted by Gasteiger charge is 2.76. The molecule has 4 aliphatic carbocycles. The van der Waals surface area contributed by atoms with E-state index in [1.165, 1.54) is 25.2 Å². The van der Waals surface area contributed by atoms with E-state index in [9.17, 15) is 44.4 Å². The number of carbonyl (C=O) groups excluding carboxylic acids is 4. The number of fused-ring (bicyclic) bond motifs is 5. The topological polar surface area (TPSA) is 303 Å². The molecule has 292 valence electrons. The zero-order valence-electron chi connectivity index (χ0n) is 28.3. The van der Waals surface area contributed by atoms with Gasteiger partial charge in [0.2, 0.25) is 5.78 Å². The third-order valence-corrected chi connectivity index (χ3v) is 11.1. The Morgan fingerprint density at radius 3 is 2.37 bits per heavy atom. The molecule has 0 aromatic carbocycles. The largest absolute Gasteiger partial charge is 0.480 e. The number of ketones is 2. The molecule has 3 unspecified atom stereocenters. The van der Waals surface area contributed by atoms with Crippen molar-refractivity contribution in [3.05, 3.63) is 23.8 Å². The van der Waals surface area contributed by atoms with Gasteiger partial charge in [-0.2, -0.15) is 0 Å². The molecule has 0 aliphatic heterocycles. The number of esters is 1. The first kappa shape index (κ1) is 41.3. The van der Waals surface area contributed by atoms with Gasteiger partial charge in [-0.1, -0.05) is 18.6 Å². The van der Waals surface area contributed by atoms with Gasteiger partial charge in [-0.05, 0) is 63.5 Å². The van der Waals surface area contributed by atoms with Crippen LogP contribution in [0.3, 0.4) is 0 Å². The molecule has 0 spiro atoms. The van der Waals surface area contributed by atoms with E-state index in [0.717, 1.165) is 0 Å². The predicted octanol–water partition coefficient (Wildman–Crippen LogP) is -0.0863. The number of hydrogen-bond acceptors (Lipinski definition) is 18. The van der Waals surface area contributed by atoms with Gasteiger partial charge in [0.15, 0.2) is 29.7 Å². The molecule has 0 aromatic heterocycles. The van der Waals surface area contributed by atoms with E-state index in [0.29, 0.717) is 12.0 Å². The number of carbonyl (C=O) groups is 5. The number of amides is 1. The lowest BCUT2D eigenvalue weighted by Gasteiger charge is -2.62. The van der Waals surface area contributed by atoms with Crippen molar-refractivity contribution in [3.63, 3.8) is 0 Å². The first-order chi connectivity index (χ1) is 24.2. The maximum atomic E-state index is 17.3. The minimum atomic E-state index is -2.60. The Balaban J connectivity index is 1.33. The van der Waals surface area contributed by atoms with Crippen molar-refractivity contribution in [3.8, 4) is 0 Å². The molecule has 52 heavy (non-hydrogen) atoms. The fourth-order valence-electron chi connectivity index (χ4n) is 8.50. The molecular weight excluding hydrogens is 705 g/mol. The van der Waals surface area contributed by atoms with Crippen LogP contribution < -0.4 is 5.32 Å². The predicted molar refractivity (Wildman–Crippen MR) is 162 cm³/mol. The number of hydrogen-bond donors (Lipinski definition) is 9. The summed E-state index contributed by atoms with van der Waals surface area (Å²) in [5.74, 6) is -5.84. The molecule has 4 aliphatic rings. The average molecular weight is 750 g/mol. The summed E-state index contributed by atoms with van der Waals surface area (Å²) < 4.78 is 27.0. The van der Waals surface area contributed by atoms with E-state index in [2.05, 4.69) is 9.68 Å². The molecule has 9 N–H and O–H groups in total. The lowest BCUT2D eigenvalue weighted by Crippen LogP contribution is -2.69. The zero-order chi connectivity index (χ0) is 38.8. The Hall–Kier alpha value is -3.48. The van der Waals surface area contributed by atoms with Gasteiger partial charge in [0.05, 0.1) is 23.0 Å². The molecule has 10 atom stereocenters. The molecule has 0 aromatic rings. The van der Waals surface area contributed by atoms with Crippen LogP contribution in [0.1, 0.15) is 58.8 Å². The fraction of sp³-hybridized carbons (Fsp3) is 0.710. The van der Waals surface area contributed by atoms with Crippen LogP contribution in [0.5, 0.6) is 0 Å². The summed E-state index contributed by atoms with van der Waals surface area (Å²) >= 11 is 0. The van der Waals surface area contributed by atoms with Gasteiger partial charge >= 0.3 is 18.0 Å². The number of allylic oxidation sites excluding steroid dienone is 4. The van der Waals surface area contributed by atoms with E-state index < -0.39 is 119 Å². The van der Waals surface area contributed by atoms with E-state index >= 15 is 4.39 Å². The third kappa shape index (κ3) is 7.75. The van der Waals surface area contributed by atoms with Crippen LogP contribution in [0.2, 0.25) is 0 Å². The maximum absolute atomic E-state index is 17.3. The van der Waals surface area contributed by atoms with Crippen LogP contribution in [0.25, 0.3) is 0 Å². The van der Waals surface area contributed by atoms with Gasteiger partial charge in [-0.15, -0.1) is 0 Å². The number of ether oxygens (including phenoxy) is 2. The van der Waals surface area contributed by atoms with Crippen molar-refractivity contribution in [2.75, 3.05) is 19.8 Å². The van der Waals surface area contributed by atoms with Crippen LogP contribution in [0.15, 0.2) is 23.8 Å². The molecule has 0 heterocycles. The molecule has 21 heteroatoms. The van der Waals surface area contributed by atoms with E-state index in [1.54, 1.807) is 6.92 Å². The molecule has 0 radical (unpaired) electrons. The van der Waals surface area contributed by atoms with Crippen LogP contribution in [0.4, 0.5) is 9.18 Å². The van der Waals surface area contributed by atoms with Crippen molar-refractivity contribution in [1.29, 1.82) is 0 Å². The van der Waals surface area contributed by atoms with Crippen molar-refractivity contribution >= 4 is 29.6 Å². The normalized spacial score (nSPS) is 34.8. The number of aliphatic hydroxyl groups is 3. The molecule has 0 bridgehead atoms. The summed E-state index contributed by atoms with van der Waals surface area (Å²) in [7, 11) is 0. The first-order valence-corrected chi connectivity index (χ1v) is 16.4. The summed E-state index contributed by atoms with van der Waals surface area (Å²) in [4.78, 5) is 70.8. The Labute approximate surface area is 295 Å². The summed E-state index contributed by atoms with van der Waals surface area (Å²) in [5.41, 5.74) is -7.31. The number of aliphatic carboxylic acids is 1. The monoisotopic (exact) mass is 749 g/mol. The van der Waals surface area contributed by atoms with Gasteiger partial charge in [0, 0.05) is 23.2 Å². The number of rotatable bonds is 16. The van der Waals surface area contributed by atoms with Crippen LogP contribution >= 0.6 is 0 Å². The van der Waals surface area contributed by atoms with Crippen molar-refractivity contribution in [2.45, 2.75) is 94.4 Å². The standard InChI is InChI=1S/C31H44FN3O17/c1-28-9-8-17(36)10-16(28)6-7-19-20-11-22(37)31(44,29(20,2)12-23(38)30(19,28)32)24(39)15-50-27(43)33-21(26(41)42)14-49-25(40)5-3-4-18(52-35(47)48)13-51-34(45)46/h8-10,18-23,37-38,44-48H,3-7,11-15H2,1-2H3,(H,33,43)(H,41,42)/t18?,19-,20-,21?,22+,23-,28-,29-,30-,31?/m0/s1. The molecule has 4 rings (SSSR count). The number of alkyl carbamates (subject to hydrolysis) is 1. The number of halogens is 1. The number of carboxylic acids is 1. The van der Waals surface area contributed by atoms with E-state index in [-0.39, 0.29) is 37.9 Å². The average Bonchev–Trinajstić information content (AvgIpc) is 3.26. The molecule has 3 saturated carbocycles. The molecule has 20 nitrogen and oxygen atoms in total. The smallest absolute Gasteiger partial charge is 0.408 e. The maximum Gasteiger partial charge on any atom is 0.408 e. The number of aliphatic hydroxyl groups excluding tert-OH is 2. The van der Waals surface area contributed by atoms with Crippen molar-refractivity contribution in [1.82, 2.24) is 16.1 Å². The van der Waals surface area contributed by atoms with Gasteiger partial charge in [-0.3, -0.25) is 35.2 Å². The van der Waals surface area contributed by atoms with E-state index in [1.807, 2.05) is 5.32 Å². The Bertz CT molecular complexity index is 1460. The minimum Gasteiger partial charge on any atom is -0.480 e. The minimum absolute atomic E-state index is 0.0546. The highest BCUT2D eigenvalue weighted by atomic mass is 19.1. The summed E-state index contributed by atoms with van der Waals surface area (Å²) in [6.07, 6.45) is -2.83. The van der Waals surface area contributed by atoms with Crippen LogP contribution in [-0.4, -0.2) is 137 Å². The van der Waals surface area contributed by atoms with Crippen LogP contribution in [-0.2, 0) is 38.3 Å². The lowest BCUT2D eigenvalue weighted by molar-refractivity contribution is -0.527. The Kier molecular flexibility index (Phi) is 12.6. The second-order valence-corrected chi connectivity index (χ2v) is 13.9. The highest BCUT2D eigenvalue weighted by Crippen LogP contribution is 2.69. The second kappa shape index (κ2) is 15.9. The summed E-state index contributed by atoms with van der Waals surface area (Å²) in [6, 6.07) is -1.86. The highest BCUT2D eigenvalue weighted by molar-refractivity contribution is 6.01. The third-order valence-electron chi connectivity index (χ3n) is 11.1. The van der Waals surface area contributed by atoms with Crippen molar-refractivity contribution < 1.29 is 88.8 Å². The number of nitrogens with zero attached hydrogens (tertiary/aromatic N) is 2. The van der Waals surface area contributed by atoms with E-state index in [4.69, 9.17) is 30.3 Å². The van der Waals surface area contributed by atoms with Crippen molar-refractivity contribution in [2.24, 2.45) is 22.7 Å². The quantitative estimate of drug-likeness (QED) is 0.0736. The number of Topliss-reactive ketones (excluding diaryl/α,β-unsaturated/α-hetero) is 1. The fourth-order valence-corrected chi connectivity index (χ4v) is 8.50. The van der Waals surface area contributed by atoms with Gasteiger partial charge in [-0.25, -0.2) is 23.7 Å². The first-order valence-electron chi connectivity index (χ1n) is 16.4. The summed E-state index contributed by atoms with van der Waals surface area (Å²) in [6.45, 7) is 0.398. The molecule has 0 saturated heterocycles. The SMILES string of the molecule is C[C@]12C[C@H](O)[C@@]3(F)[C@@H](CCC4=CC(=O)C=C[C@@]43C)[C@@H]1C[C@@H](O)C2(O)C(=O)COC(=O)NC(COC(=O)CCCC(CON(O)O)ON(O)O)C(=O)O. The molecule has 3 fully saturated rings. The van der Waals surface area contributed by atoms with Gasteiger partial charge in [0.1, 0.15) is 19.3 Å². The molecule has 1 amide bonds. The Morgan fingerprint density at radius 2 is 1.73 bits per heavy atom. The summed E-state index contributed by atoms with van der Waals surface area (Å²) in [5, 5.41) is 79.1.